The lowest BCUT2D eigenvalue weighted by atomic mass is 10.00. The molecule has 0 amide bonds. The lowest BCUT2D eigenvalue weighted by Gasteiger charge is -2.21. The van der Waals surface area contributed by atoms with Crippen LogP contribution in [-0.4, -0.2) is 28.3 Å². The molecule has 1 aliphatic heterocycles. The fraction of sp³-hybridized carbons (Fsp3) is 0.381. The lowest BCUT2D eigenvalue weighted by Crippen LogP contribution is -2.31. The number of thiophene rings is 1. The summed E-state index contributed by atoms with van der Waals surface area (Å²) in [5.41, 5.74) is 3.38. The number of thiocarbonyl (C=S) groups is 1. The summed E-state index contributed by atoms with van der Waals surface area (Å²) in [5, 5.41) is 4.94. The van der Waals surface area contributed by atoms with Crippen molar-refractivity contribution in [2.24, 2.45) is 4.99 Å². The van der Waals surface area contributed by atoms with Crippen LogP contribution in [-0.2, 0) is 9.53 Å². The van der Waals surface area contributed by atoms with Crippen molar-refractivity contribution < 1.29 is 9.53 Å². The van der Waals surface area contributed by atoms with E-state index in [0.717, 1.165) is 27.4 Å². The van der Waals surface area contributed by atoms with Gasteiger partial charge in [-0.15, -0.1) is 11.3 Å². The summed E-state index contributed by atoms with van der Waals surface area (Å²) >= 11 is 13.3. The van der Waals surface area contributed by atoms with Gasteiger partial charge in [-0.05, 0) is 52.3 Å². The molecule has 28 heavy (non-hydrogen) atoms. The molecule has 0 saturated carbocycles. The molecule has 0 bridgehead atoms. The molecular formula is C21H23ClN2O2S2. The lowest BCUT2D eigenvalue weighted by molar-refractivity contribution is -0.154. The first-order valence-corrected chi connectivity index (χ1v) is 10.6. The first kappa shape index (κ1) is 21.0. The van der Waals surface area contributed by atoms with Crippen molar-refractivity contribution in [1.82, 2.24) is 0 Å². The molecule has 1 aromatic carbocycles. The second kappa shape index (κ2) is 7.93. The fourth-order valence-electron chi connectivity index (χ4n) is 2.98. The second-order valence-electron chi connectivity index (χ2n) is 7.77. The van der Waals surface area contributed by atoms with E-state index < -0.39 is 11.6 Å². The monoisotopic (exact) mass is 434 g/mol. The smallest absolute Gasteiger partial charge is 0.308 e. The van der Waals surface area contributed by atoms with Crippen LogP contribution in [0.2, 0.25) is 5.02 Å². The minimum atomic E-state index is -0.550. The van der Waals surface area contributed by atoms with Gasteiger partial charge in [-0.2, -0.15) is 0 Å². The van der Waals surface area contributed by atoms with Crippen molar-refractivity contribution in [2.45, 2.75) is 52.7 Å². The predicted octanol–water partition coefficient (Wildman–Crippen LogP) is 5.71. The van der Waals surface area contributed by atoms with Crippen molar-refractivity contribution in [3.8, 4) is 0 Å². The molecule has 3 rings (SSSR count). The Bertz CT molecular complexity index is 956. The second-order valence-corrected chi connectivity index (χ2v) is 9.87. The van der Waals surface area contributed by atoms with Crippen LogP contribution < -0.4 is 5.32 Å². The number of fused-ring (bicyclic) bond motifs is 1. The highest BCUT2D eigenvalue weighted by atomic mass is 35.5. The first-order chi connectivity index (χ1) is 13.0. The van der Waals surface area contributed by atoms with E-state index in [1.54, 1.807) is 11.3 Å². The van der Waals surface area contributed by atoms with Crippen molar-refractivity contribution >= 4 is 56.8 Å². The highest BCUT2D eigenvalue weighted by molar-refractivity contribution is 7.80. The summed E-state index contributed by atoms with van der Waals surface area (Å²) < 4.78 is 5.48. The summed E-state index contributed by atoms with van der Waals surface area (Å²) in [5.74, 6) is -0.320. The van der Waals surface area contributed by atoms with Gasteiger partial charge in [-0.3, -0.25) is 9.79 Å². The molecule has 4 nitrogen and oxygen atoms in total. The Morgan fingerprint density at radius 2 is 1.93 bits per heavy atom. The van der Waals surface area contributed by atoms with E-state index in [1.165, 1.54) is 4.88 Å². The van der Waals surface area contributed by atoms with Crippen molar-refractivity contribution in [3.05, 3.63) is 50.9 Å². The van der Waals surface area contributed by atoms with E-state index in [2.05, 4.69) is 19.2 Å². The molecule has 2 aromatic rings. The molecule has 0 radical (unpaired) electrons. The topological polar surface area (TPSA) is 50.7 Å². The molecule has 1 aromatic heterocycles. The zero-order valence-electron chi connectivity index (χ0n) is 16.6. The average Bonchev–Trinajstić information content (AvgIpc) is 2.76. The Morgan fingerprint density at radius 1 is 1.29 bits per heavy atom. The third kappa shape index (κ3) is 4.62. The number of esters is 1. The van der Waals surface area contributed by atoms with Gasteiger partial charge in [-0.25, -0.2) is 0 Å². The van der Waals surface area contributed by atoms with Crippen LogP contribution in [0, 0.1) is 13.8 Å². The van der Waals surface area contributed by atoms with Gasteiger partial charge >= 0.3 is 5.97 Å². The Hall–Kier alpha value is -1.76. The van der Waals surface area contributed by atoms with Gasteiger partial charge in [0.25, 0.3) is 0 Å². The summed E-state index contributed by atoms with van der Waals surface area (Å²) in [6.45, 7) is 9.70. The molecule has 2 heterocycles. The number of ether oxygens (including phenoxy) is 1. The zero-order chi connectivity index (χ0) is 20.6. The van der Waals surface area contributed by atoms with Crippen LogP contribution in [0.15, 0.2) is 29.3 Å². The maximum absolute atomic E-state index is 12.4. The summed E-state index contributed by atoms with van der Waals surface area (Å²) in [7, 11) is 0. The molecular weight excluding hydrogens is 412 g/mol. The van der Waals surface area contributed by atoms with Crippen molar-refractivity contribution in [3.63, 3.8) is 0 Å². The number of nitrogens with zero attached hydrogens (tertiary/aromatic N) is 1. The van der Waals surface area contributed by atoms with Gasteiger partial charge in [0.2, 0.25) is 0 Å². The molecule has 1 N–H and O–H groups in total. The largest absolute Gasteiger partial charge is 0.460 e. The number of halogens is 1. The van der Waals surface area contributed by atoms with Crippen LogP contribution in [0.1, 0.15) is 48.8 Å². The van der Waals surface area contributed by atoms with Crippen LogP contribution in [0.3, 0.4) is 0 Å². The number of anilines is 1. The molecule has 0 unspecified atom stereocenters. The van der Waals surface area contributed by atoms with Gasteiger partial charge in [-0.1, -0.05) is 36.0 Å². The van der Waals surface area contributed by atoms with E-state index in [-0.39, 0.29) is 12.4 Å². The average molecular weight is 435 g/mol. The van der Waals surface area contributed by atoms with Crippen LogP contribution in [0.25, 0.3) is 0 Å². The van der Waals surface area contributed by atoms with E-state index >= 15 is 0 Å². The number of aryl methyl sites for hydroxylation is 1. The minimum absolute atomic E-state index is 0.0904. The Kier molecular flexibility index (Phi) is 5.94. The normalized spacial score (nSPS) is 16.7. The number of nitrogens with one attached hydrogen (secondary N) is 1. The molecule has 0 fully saturated rings. The quantitative estimate of drug-likeness (QED) is 0.496. The zero-order valence-corrected chi connectivity index (χ0v) is 18.9. The fourth-order valence-corrected chi connectivity index (χ4v) is 4.48. The van der Waals surface area contributed by atoms with E-state index in [9.17, 15) is 4.79 Å². The van der Waals surface area contributed by atoms with Gasteiger partial charge in [0, 0.05) is 21.0 Å². The van der Waals surface area contributed by atoms with Crippen LogP contribution in [0.4, 0.5) is 5.00 Å². The Morgan fingerprint density at radius 3 is 2.54 bits per heavy atom. The Balaban J connectivity index is 2.06. The van der Waals surface area contributed by atoms with Gasteiger partial charge in [0.15, 0.2) is 0 Å². The van der Waals surface area contributed by atoms with E-state index in [4.69, 9.17) is 33.5 Å². The number of aliphatic imine (C=N–C) groups is 1. The molecule has 7 heteroatoms. The van der Waals surface area contributed by atoms with Crippen LogP contribution in [0.5, 0.6) is 0 Å². The molecule has 1 atom stereocenters. The highest BCUT2D eigenvalue weighted by Crippen LogP contribution is 2.37. The number of hydrogen-bond donors (Lipinski definition) is 1. The summed E-state index contributed by atoms with van der Waals surface area (Å²) in [6.07, 6.45) is 0.0904. The van der Waals surface area contributed by atoms with Crippen LogP contribution >= 0.6 is 35.2 Å². The minimum Gasteiger partial charge on any atom is -0.460 e. The maximum Gasteiger partial charge on any atom is 0.308 e. The number of benzene rings is 1. The SMILES string of the molecule is Cc1sc2c(c1C)C(c1ccc(Cl)cc1)=N[C@@H](CC(=O)OC(C)(C)C)C(=S)N2. The predicted molar refractivity (Wildman–Crippen MR) is 121 cm³/mol. The van der Waals surface area contributed by atoms with Crippen molar-refractivity contribution in [1.29, 1.82) is 0 Å². The van der Waals surface area contributed by atoms with Gasteiger partial charge < -0.3 is 10.1 Å². The van der Waals surface area contributed by atoms with Gasteiger partial charge in [0.1, 0.15) is 21.6 Å². The third-order valence-corrected chi connectivity index (χ3v) is 6.09. The number of carbonyl (C=O) groups is 1. The molecule has 0 aliphatic carbocycles. The standard InChI is InChI=1S/C21H23ClN2O2S2/c1-11-12(2)28-20-17(11)18(13-6-8-14(22)9-7-13)23-15(19(27)24-20)10-16(25)26-21(3,4)5/h6-9,15H,10H2,1-5H3,(H,24,27)/t15-/m0/s1. The van der Waals surface area contributed by atoms with Crippen molar-refractivity contribution in [2.75, 3.05) is 5.32 Å². The van der Waals surface area contributed by atoms with Gasteiger partial charge in [0.05, 0.1) is 12.1 Å². The number of rotatable bonds is 3. The first-order valence-electron chi connectivity index (χ1n) is 9.02. The molecule has 0 saturated heterocycles. The highest BCUT2D eigenvalue weighted by Gasteiger charge is 2.29. The van der Waals surface area contributed by atoms with E-state index in [0.29, 0.717) is 10.0 Å². The number of carbonyl (C=O) groups excluding carboxylic acids is 1. The third-order valence-electron chi connectivity index (χ3n) is 4.34. The summed E-state index contributed by atoms with van der Waals surface area (Å²) in [6, 6.07) is 7.07. The maximum atomic E-state index is 12.4. The number of hydrogen-bond acceptors (Lipinski definition) is 5. The molecule has 1 aliphatic rings. The molecule has 148 valence electrons. The van der Waals surface area contributed by atoms with E-state index in [1.807, 2.05) is 45.0 Å². The Labute approximate surface area is 180 Å². The molecule has 0 spiro atoms. The summed E-state index contributed by atoms with van der Waals surface area (Å²) in [4.78, 5) is 19.1.